The number of hydrogen-bond acceptors (Lipinski definition) is 4. The van der Waals surface area contributed by atoms with E-state index in [1.807, 2.05) is 46.8 Å². The maximum Gasteiger partial charge on any atom is 0.161 e. The quantitative estimate of drug-likeness (QED) is 0.799. The summed E-state index contributed by atoms with van der Waals surface area (Å²) in [5.74, 6) is 1.21. The third-order valence-electron chi connectivity index (χ3n) is 3.58. The van der Waals surface area contributed by atoms with Gasteiger partial charge in [-0.05, 0) is 44.4 Å². The van der Waals surface area contributed by atoms with Gasteiger partial charge in [-0.15, -0.1) is 0 Å². The van der Waals surface area contributed by atoms with Gasteiger partial charge in [-0.25, -0.2) is 8.93 Å². The van der Waals surface area contributed by atoms with Crippen molar-refractivity contribution < 1.29 is 18.8 Å². The summed E-state index contributed by atoms with van der Waals surface area (Å²) in [7, 11) is 1.84. The molecule has 0 bridgehead atoms. The first-order chi connectivity index (χ1) is 10.6. The molecule has 23 heavy (non-hydrogen) atoms. The van der Waals surface area contributed by atoms with Gasteiger partial charge < -0.3 is 14.6 Å². The molecule has 0 heterocycles. The van der Waals surface area contributed by atoms with E-state index in [0.717, 1.165) is 5.56 Å². The van der Waals surface area contributed by atoms with Crippen LogP contribution in [-0.2, 0) is 11.0 Å². The SMILES string of the molecule is COc1ccc([C@H](NS(=O)C(C)(C)C)[C@H](O)C(C)C)cc1OC. The van der Waals surface area contributed by atoms with Crippen LogP contribution in [-0.4, -0.2) is 34.4 Å². The van der Waals surface area contributed by atoms with Gasteiger partial charge >= 0.3 is 0 Å². The van der Waals surface area contributed by atoms with Crippen molar-refractivity contribution in [3.63, 3.8) is 0 Å². The fourth-order valence-corrected chi connectivity index (χ4v) is 2.92. The molecule has 0 radical (unpaired) electrons. The van der Waals surface area contributed by atoms with Crippen molar-refractivity contribution in [2.24, 2.45) is 5.92 Å². The number of benzene rings is 1. The first kappa shape index (κ1) is 19.9. The van der Waals surface area contributed by atoms with E-state index in [-0.39, 0.29) is 5.92 Å². The van der Waals surface area contributed by atoms with Gasteiger partial charge in [0.05, 0.1) is 42.1 Å². The summed E-state index contributed by atoms with van der Waals surface area (Å²) < 4.78 is 25.7. The monoisotopic (exact) mass is 343 g/mol. The van der Waals surface area contributed by atoms with E-state index in [1.165, 1.54) is 0 Å². The van der Waals surface area contributed by atoms with Crippen LogP contribution in [0.25, 0.3) is 0 Å². The van der Waals surface area contributed by atoms with Gasteiger partial charge in [-0.1, -0.05) is 19.9 Å². The molecule has 132 valence electrons. The van der Waals surface area contributed by atoms with Crippen LogP contribution in [0.15, 0.2) is 18.2 Å². The van der Waals surface area contributed by atoms with Crippen LogP contribution in [0.4, 0.5) is 0 Å². The van der Waals surface area contributed by atoms with Gasteiger partial charge in [0.2, 0.25) is 0 Å². The van der Waals surface area contributed by atoms with Gasteiger partial charge in [0.15, 0.2) is 11.5 Å². The summed E-state index contributed by atoms with van der Waals surface area (Å²) >= 11 is 0. The van der Waals surface area contributed by atoms with Crippen LogP contribution in [0.3, 0.4) is 0 Å². The number of methoxy groups -OCH3 is 2. The average molecular weight is 343 g/mol. The van der Waals surface area contributed by atoms with Gasteiger partial charge in [-0.2, -0.15) is 0 Å². The summed E-state index contributed by atoms with van der Waals surface area (Å²) in [6, 6.07) is 4.98. The van der Waals surface area contributed by atoms with Gasteiger partial charge in [0.25, 0.3) is 0 Å². The summed E-state index contributed by atoms with van der Waals surface area (Å²) in [5.41, 5.74) is 0.807. The number of hydrogen-bond donors (Lipinski definition) is 2. The largest absolute Gasteiger partial charge is 0.493 e. The van der Waals surface area contributed by atoms with Gasteiger partial charge in [0.1, 0.15) is 0 Å². The zero-order valence-electron chi connectivity index (χ0n) is 15.0. The van der Waals surface area contributed by atoms with E-state index in [4.69, 9.17) is 9.47 Å². The second kappa shape index (κ2) is 8.13. The zero-order valence-corrected chi connectivity index (χ0v) is 15.9. The second-order valence-corrected chi connectivity index (χ2v) is 8.82. The van der Waals surface area contributed by atoms with Crippen LogP contribution < -0.4 is 14.2 Å². The van der Waals surface area contributed by atoms with Crippen molar-refractivity contribution in [3.8, 4) is 11.5 Å². The molecule has 1 rings (SSSR count). The fraction of sp³-hybridized carbons (Fsp3) is 0.647. The van der Waals surface area contributed by atoms with Gasteiger partial charge in [-0.3, -0.25) is 0 Å². The smallest absolute Gasteiger partial charge is 0.161 e. The predicted molar refractivity (Wildman–Crippen MR) is 94.2 cm³/mol. The molecule has 0 fully saturated rings. The summed E-state index contributed by atoms with van der Waals surface area (Å²) in [5, 5.41) is 10.6. The second-order valence-electron chi connectivity index (χ2n) is 6.83. The third kappa shape index (κ3) is 5.19. The van der Waals surface area contributed by atoms with Crippen molar-refractivity contribution in [2.45, 2.75) is 51.5 Å². The molecule has 1 unspecified atom stereocenters. The molecular weight excluding hydrogens is 314 g/mol. The average Bonchev–Trinajstić information content (AvgIpc) is 2.49. The lowest BCUT2D eigenvalue weighted by Gasteiger charge is -2.30. The molecule has 0 aliphatic heterocycles. The summed E-state index contributed by atoms with van der Waals surface area (Å²) in [4.78, 5) is 0. The first-order valence-corrected chi connectivity index (χ1v) is 8.84. The number of ether oxygens (including phenoxy) is 2. The molecule has 0 saturated carbocycles. The van der Waals surface area contributed by atoms with Crippen LogP contribution in [0.5, 0.6) is 11.5 Å². The highest BCUT2D eigenvalue weighted by molar-refractivity contribution is 7.84. The van der Waals surface area contributed by atoms with Crippen LogP contribution >= 0.6 is 0 Å². The Hall–Kier alpha value is -1.11. The van der Waals surface area contributed by atoms with Crippen LogP contribution in [0.2, 0.25) is 0 Å². The van der Waals surface area contributed by atoms with Crippen molar-refractivity contribution >= 4 is 11.0 Å². The lowest BCUT2D eigenvalue weighted by molar-refractivity contribution is 0.0921. The highest BCUT2D eigenvalue weighted by Gasteiger charge is 2.30. The molecular formula is C17H29NO4S. The van der Waals surface area contributed by atoms with Crippen LogP contribution in [0.1, 0.15) is 46.2 Å². The molecule has 0 aliphatic carbocycles. The Bertz CT molecular complexity index is 540. The number of nitrogens with one attached hydrogen (secondary N) is 1. The molecule has 0 aromatic heterocycles. The predicted octanol–water partition coefficient (Wildman–Crippen LogP) is 2.81. The Morgan fingerprint density at radius 1 is 1.13 bits per heavy atom. The molecule has 2 N–H and O–H groups in total. The molecule has 0 aliphatic rings. The Morgan fingerprint density at radius 2 is 1.70 bits per heavy atom. The Balaban J connectivity index is 3.22. The molecule has 5 nitrogen and oxygen atoms in total. The number of aliphatic hydroxyl groups excluding tert-OH is 1. The van der Waals surface area contributed by atoms with Crippen LogP contribution in [0, 0.1) is 5.92 Å². The molecule has 0 amide bonds. The highest BCUT2D eigenvalue weighted by Crippen LogP contribution is 2.32. The topological polar surface area (TPSA) is 67.8 Å². The molecule has 1 aromatic carbocycles. The summed E-state index contributed by atoms with van der Waals surface area (Å²) in [6.45, 7) is 9.54. The zero-order chi connectivity index (χ0) is 17.8. The van der Waals surface area contributed by atoms with Crippen molar-refractivity contribution in [2.75, 3.05) is 14.2 Å². The normalized spacial score (nSPS) is 16.0. The third-order valence-corrected chi connectivity index (χ3v) is 5.16. The Labute approximate surface area is 142 Å². The maximum absolute atomic E-state index is 12.5. The van der Waals surface area contributed by atoms with E-state index < -0.39 is 27.9 Å². The summed E-state index contributed by atoms with van der Waals surface area (Å²) in [6.07, 6.45) is -0.681. The van der Waals surface area contributed by atoms with E-state index in [2.05, 4.69) is 4.72 Å². The lowest BCUT2D eigenvalue weighted by atomic mass is 9.94. The van der Waals surface area contributed by atoms with Crippen molar-refractivity contribution in [3.05, 3.63) is 23.8 Å². The van der Waals surface area contributed by atoms with Crippen molar-refractivity contribution in [1.82, 2.24) is 4.72 Å². The Morgan fingerprint density at radius 3 is 2.13 bits per heavy atom. The minimum atomic E-state index is -1.30. The minimum absolute atomic E-state index is 0.0116. The van der Waals surface area contributed by atoms with Crippen molar-refractivity contribution in [1.29, 1.82) is 0 Å². The minimum Gasteiger partial charge on any atom is -0.493 e. The van der Waals surface area contributed by atoms with E-state index in [9.17, 15) is 9.32 Å². The van der Waals surface area contributed by atoms with E-state index >= 15 is 0 Å². The maximum atomic E-state index is 12.5. The molecule has 0 saturated heterocycles. The highest BCUT2D eigenvalue weighted by atomic mass is 32.2. The Kier molecular flexibility index (Phi) is 7.04. The fourth-order valence-electron chi connectivity index (χ4n) is 2.06. The molecule has 3 atom stereocenters. The van der Waals surface area contributed by atoms with Gasteiger partial charge in [0, 0.05) is 0 Å². The standard InChI is InChI=1S/C17H29NO4S/c1-11(2)16(19)15(18-23(20)17(3,4)5)12-8-9-13(21-6)14(10-12)22-7/h8-11,15-16,18-19H,1-7H3/t15-,16+,23?/m0/s1. The number of rotatable bonds is 7. The van der Waals surface area contributed by atoms with E-state index in [0.29, 0.717) is 11.5 Å². The molecule has 6 heteroatoms. The van der Waals surface area contributed by atoms with E-state index in [1.54, 1.807) is 20.3 Å². The molecule has 1 aromatic rings. The molecule has 0 spiro atoms. The lowest BCUT2D eigenvalue weighted by Crippen LogP contribution is -2.41. The first-order valence-electron chi connectivity index (χ1n) is 7.69. The number of aliphatic hydroxyl groups is 1.